The summed E-state index contributed by atoms with van der Waals surface area (Å²) in [5, 5.41) is 10.7. The van der Waals surface area contributed by atoms with Gasteiger partial charge in [-0.1, -0.05) is 43.1 Å². The average Bonchev–Trinajstić information content (AvgIpc) is 2.37. The van der Waals surface area contributed by atoms with E-state index >= 15 is 0 Å². The quantitative estimate of drug-likeness (QED) is 0.799. The SMILES string of the molecule is CCN(CC)S(=O)(=O)NC[C@H](O)c1c(Cl)cccc1Cl. The minimum absolute atomic E-state index is 0.192. The molecule has 5 nitrogen and oxygen atoms in total. The highest BCUT2D eigenvalue weighted by Gasteiger charge is 2.22. The molecule has 1 atom stereocenters. The van der Waals surface area contributed by atoms with Crippen molar-refractivity contribution >= 4 is 33.4 Å². The summed E-state index contributed by atoms with van der Waals surface area (Å²) in [7, 11) is -3.61. The van der Waals surface area contributed by atoms with E-state index in [-0.39, 0.29) is 6.54 Å². The van der Waals surface area contributed by atoms with Crippen LogP contribution in [0.5, 0.6) is 0 Å². The molecule has 114 valence electrons. The van der Waals surface area contributed by atoms with Crippen LogP contribution in [0.1, 0.15) is 25.5 Å². The topological polar surface area (TPSA) is 69.6 Å². The van der Waals surface area contributed by atoms with Crippen molar-refractivity contribution in [3.8, 4) is 0 Å². The number of hydrogen-bond acceptors (Lipinski definition) is 3. The van der Waals surface area contributed by atoms with Crippen molar-refractivity contribution in [2.45, 2.75) is 20.0 Å². The number of aliphatic hydroxyl groups is 1. The van der Waals surface area contributed by atoms with Crippen LogP contribution in [0.15, 0.2) is 18.2 Å². The smallest absolute Gasteiger partial charge is 0.279 e. The number of aliphatic hydroxyl groups excluding tert-OH is 1. The zero-order valence-electron chi connectivity index (χ0n) is 11.3. The van der Waals surface area contributed by atoms with Crippen molar-refractivity contribution in [2.24, 2.45) is 0 Å². The standard InChI is InChI=1S/C12H18Cl2N2O3S/c1-3-16(4-2)20(18,19)15-8-11(17)12-9(13)6-5-7-10(12)14/h5-7,11,15,17H,3-4,8H2,1-2H3/t11-/m0/s1. The molecule has 1 rings (SSSR count). The molecule has 0 amide bonds. The Labute approximate surface area is 129 Å². The van der Waals surface area contributed by atoms with E-state index < -0.39 is 16.3 Å². The molecule has 20 heavy (non-hydrogen) atoms. The summed E-state index contributed by atoms with van der Waals surface area (Å²) in [6, 6.07) is 4.83. The zero-order chi connectivity index (χ0) is 15.3. The minimum Gasteiger partial charge on any atom is -0.387 e. The van der Waals surface area contributed by atoms with E-state index in [1.165, 1.54) is 4.31 Å². The molecule has 0 fully saturated rings. The molecule has 1 aromatic rings. The van der Waals surface area contributed by atoms with Gasteiger partial charge in [0.2, 0.25) is 0 Å². The molecule has 1 aromatic carbocycles. The number of hydrogen-bond donors (Lipinski definition) is 2. The van der Waals surface area contributed by atoms with Crippen LogP contribution in [0.25, 0.3) is 0 Å². The van der Waals surface area contributed by atoms with Crippen LogP contribution < -0.4 is 4.72 Å². The lowest BCUT2D eigenvalue weighted by Crippen LogP contribution is -2.42. The van der Waals surface area contributed by atoms with Crippen molar-refractivity contribution in [1.82, 2.24) is 9.03 Å². The highest BCUT2D eigenvalue weighted by molar-refractivity contribution is 7.87. The molecular formula is C12H18Cl2N2O3S. The predicted molar refractivity (Wildman–Crippen MR) is 81.3 cm³/mol. The second kappa shape index (κ2) is 7.59. The third-order valence-electron chi connectivity index (χ3n) is 2.84. The van der Waals surface area contributed by atoms with Gasteiger partial charge < -0.3 is 5.11 Å². The Bertz CT molecular complexity index is 527. The molecule has 0 saturated heterocycles. The fraction of sp³-hybridized carbons (Fsp3) is 0.500. The second-order valence-electron chi connectivity index (χ2n) is 4.09. The molecule has 0 heterocycles. The van der Waals surface area contributed by atoms with Crippen LogP contribution in [0.3, 0.4) is 0 Å². The summed E-state index contributed by atoms with van der Waals surface area (Å²) in [4.78, 5) is 0. The molecule has 8 heteroatoms. The first kappa shape index (κ1) is 17.7. The second-order valence-corrected chi connectivity index (χ2v) is 6.66. The van der Waals surface area contributed by atoms with Gasteiger partial charge in [0.15, 0.2) is 0 Å². The number of nitrogens with zero attached hydrogens (tertiary/aromatic N) is 1. The first-order valence-electron chi connectivity index (χ1n) is 6.20. The van der Waals surface area contributed by atoms with Gasteiger partial charge in [-0.3, -0.25) is 0 Å². The van der Waals surface area contributed by atoms with E-state index in [1.54, 1.807) is 32.0 Å². The van der Waals surface area contributed by atoms with Gasteiger partial charge in [0, 0.05) is 35.2 Å². The lowest BCUT2D eigenvalue weighted by Gasteiger charge is -2.21. The first-order chi connectivity index (χ1) is 9.33. The molecule has 0 bridgehead atoms. The van der Waals surface area contributed by atoms with Gasteiger partial charge in [0.05, 0.1) is 6.10 Å². The molecule has 0 aliphatic heterocycles. The van der Waals surface area contributed by atoms with Crippen LogP contribution >= 0.6 is 23.2 Å². The van der Waals surface area contributed by atoms with Crippen molar-refractivity contribution in [3.63, 3.8) is 0 Å². The zero-order valence-corrected chi connectivity index (χ0v) is 13.6. The highest BCUT2D eigenvalue weighted by atomic mass is 35.5. The number of rotatable bonds is 7. The first-order valence-corrected chi connectivity index (χ1v) is 8.39. The summed E-state index contributed by atoms with van der Waals surface area (Å²) in [5.74, 6) is 0. The molecule has 0 aliphatic rings. The van der Waals surface area contributed by atoms with Crippen molar-refractivity contribution < 1.29 is 13.5 Å². The normalized spacial score (nSPS) is 13.7. The van der Waals surface area contributed by atoms with Crippen molar-refractivity contribution in [2.75, 3.05) is 19.6 Å². The van der Waals surface area contributed by atoms with Crippen LogP contribution in [-0.4, -0.2) is 37.5 Å². The number of benzene rings is 1. The van der Waals surface area contributed by atoms with Gasteiger partial charge in [-0.2, -0.15) is 17.4 Å². The Morgan fingerprint density at radius 2 is 1.75 bits per heavy atom. The monoisotopic (exact) mass is 340 g/mol. The van der Waals surface area contributed by atoms with E-state index in [9.17, 15) is 13.5 Å². The summed E-state index contributed by atoms with van der Waals surface area (Å²) < 4.78 is 27.5. The van der Waals surface area contributed by atoms with E-state index in [2.05, 4.69) is 4.72 Å². The summed E-state index contributed by atoms with van der Waals surface area (Å²) in [6.07, 6.45) is -1.11. The van der Waals surface area contributed by atoms with Gasteiger partial charge in [-0.05, 0) is 12.1 Å². The maximum absolute atomic E-state index is 11.9. The van der Waals surface area contributed by atoms with Gasteiger partial charge in [0.25, 0.3) is 10.2 Å². The molecule has 0 radical (unpaired) electrons. The van der Waals surface area contributed by atoms with E-state index in [0.29, 0.717) is 28.7 Å². The molecule has 0 spiro atoms. The molecule has 0 saturated carbocycles. The Kier molecular flexibility index (Phi) is 6.71. The Balaban J connectivity index is 2.80. The third kappa shape index (κ3) is 4.31. The predicted octanol–water partition coefficient (Wildman–Crippen LogP) is 2.20. The fourth-order valence-electron chi connectivity index (χ4n) is 1.77. The number of nitrogens with one attached hydrogen (secondary N) is 1. The van der Waals surface area contributed by atoms with Crippen molar-refractivity contribution in [1.29, 1.82) is 0 Å². The van der Waals surface area contributed by atoms with Crippen LogP contribution in [-0.2, 0) is 10.2 Å². The van der Waals surface area contributed by atoms with E-state index in [1.807, 2.05) is 0 Å². The van der Waals surface area contributed by atoms with E-state index in [4.69, 9.17) is 23.2 Å². The number of halogens is 2. The maximum atomic E-state index is 11.9. The van der Waals surface area contributed by atoms with Gasteiger partial charge in [0.1, 0.15) is 0 Å². The minimum atomic E-state index is -3.61. The molecule has 0 unspecified atom stereocenters. The summed E-state index contributed by atoms with van der Waals surface area (Å²) in [6.45, 7) is 4.00. The molecule has 0 aromatic heterocycles. The van der Waals surface area contributed by atoms with Gasteiger partial charge in [-0.15, -0.1) is 0 Å². The Morgan fingerprint density at radius 3 is 2.20 bits per heavy atom. The van der Waals surface area contributed by atoms with Crippen LogP contribution in [0.4, 0.5) is 0 Å². The third-order valence-corrected chi connectivity index (χ3v) is 5.22. The summed E-state index contributed by atoms with van der Waals surface area (Å²) >= 11 is 11.9. The molecule has 0 aliphatic carbocycles. The van der Waals surface area contributed by atoms with Gasteiger partial charge >= 0.3 is 0 Å². The summed E-state index contributed by atoms with van der Waals surface area (Å²) in [5.41, 5.74) is 0.318. The van der Waals surface area contributed by atoms with Crippen LogP contribution in [0, 0.1) is 0 Å². The average molecular weight is 341 g/mol. The van der Waals surface area contributed by atoms with Gasteiger partial charge in [-0.25, -0.2) is 0 Å². The lowest BCUT2D eigenvalue weighted by atomic mass is 10.1. The fourth-order valence-corrected chi connectivity index (χ4v) is 3.65. The molecular weight excluding hydrogens is 323 g/mol. The highest BCUT2D eigenvalue weighted by Crippen LogP contribution is 2.29. The van der Waals surface area contributed by atoms with Crippen molar-refractivity contribution in [3.05, 3.63) is 33.8 Å². The Hall–Kier alpha value is -0.370. The van der Waals surface area contributed by atoms with E-state index in [0.717, 1.165) is 0 Å². The largest absolute Gasteiger partial charge is 0.387 e. The maximum Gasteiger partial charge on any atom is 0.279 e. The van der Waals surface area contributed by atoms with Crippen LogP contribution in [0.2, 0.25) is 10.0 Å². The lowest BCUT2D eigenvalue weighted by molar-refractivity contribution is 0.181. The Morgan fingerprint density at radius 1 is 1.25 bits per heavy atom. The molecule has 2 N–H and O–H groups in total.